The van der Waals surface area contributed by atoms with Gasteiger partial charge in [0.25, 0.3) is 0 Å². The van der Waals surface area contributed by atoms with Crippen molar-refractivity contribution in [2.75, 3.05) is 32.6 Å². The van der Waals surface area contributed by atoms with Crippen molar-refractivity contribution in [3.63, 3.8) is 0 Å². The first kappa shape index (κ1) is 20.2. The molecule has 0 N–H and O–H groups in total. The van der Waals surface area contributed by atoms with Gasteiger partial charge in [-0.25, -0.2) is 0 Å². The second kappa shape index (κ2) is 14.2. The fourth-order valence-electron chi connectivity index (χ4n) is 2.94. The number of halogens is 1. The summed E-state index contributed by atoms with van der Waals surface area (Å²) in [5.74, 6) is 0.826. The highest BCUT2D eigenvalue weighted by molar-refractivity contribution is 6.17. The normalized spacial score (nSPS) is 14.4. The van der Waals surface area contributed by atoms with Crippen molar-refractivity contribution in [1.82, 2.24) is 0 Å². The zero-order valence-corrected chi connectivity index (χ0v) is 15.2. The Morgan fingerprint density at radius 3 is 1.45 bits per heavy atom. The third kappa shape index (κ3) is 12.0. The molecule has 0 bridgehead atoms. The first-order chi connectivity index (χ1) is 9.68. The van der Waals surface area contributed by atoms with Crippen molar-refractivity contribution in [1.29, 1.82) is 0 Å². The molecule has 0 aliphatic carbocycles. The van der Waals surface area contributed by atoms with Gasteiger partial charge in [-0.2, -0.15) is 0 Å². The highest BCUT2D eigenvalue weighted by Crippen LogP contribution is 2.14. The Kier molecular flexibility index (Phi) is 14.4. The summed E-state index contributed by atoms with van der Waals surface area (Å²) < 4.78 is 1.28. The van der Waals surface area contributed by atoms with Crippen LogP contribution >= 0.6 is 11.6 Å². The molecule has 0 aromatic carbocycles. The Bertz CT molecular complexity index is 196. The summed E-state index contributed by atoms with van der Waals surface area (Å²) in [6.07, 6.45) is 15.0. The van der Waals surface area contributed by atoms with Gasteiger partial charge in [-0.1, -0.05) is 46.0 Å². The lowest BCUT2D eigenvalue weighted by molar-refractivity contribution is -0.910. The molecule has 0 aromatic heterocycles. The molecule has 122 valence electrons. The Morgan fingerprint density at radius 2 is 1.00 bits per heavy atom. The molecule has 0 amide bonds. The summed E-state index contributed by atoms with van der Waals surface area (Å²) in [5, 5.41) is 0. The SMILES string of the molecule is CCCCCCC[N+](C)(CCCCCl)CCCCCC. The molecule has 1 atom stereocenters. The molecule has 0 spiro atoms. The smallest absolute Gasteiger partial charge is 0.0784 e. The summed E-state index contributed by atoms with van der Waals surface area (Å²) in [7, 11) is 2.47. The average Bonchev–Trinajstić information content (AvgIpc) is 2.44. The minimum atomic E-state index is 0.826. The first-order valence-corrected chi connectivity index (χ1v) is 9.61. The van der Waals surface area contributed by atoms with Gasteiger partial charge in [-0.05, 0) is 38.5 Å². The Labute approximate surface area is 133 Å². The number of unbranched alkanes of at least 4 members (excludes halogenated alkanes) is 8. The fourth-order valence-corrected chi connectivity index (χ4v) is 3.13. The number of hydrogen-bond donors (Lipinski definition) is 0. The van der Waals surface area contributed by atoms with E-state index in [0.717, 1.165) is 5.88 Å². The second-order valence-corrected chi connectivity index (χ2v) is 7.04. The van der Waals surface area contributed by atoms with E-state index < -0.39 is 0 Å². The zero-order chi connectivity index (χ0) is 15.1. The number of quaternary nitrogens is 1. The van der Waals surface area contributed by atoms with Crippen LogP contribution < -0.4 is 0 Å². The van der Waals surface area contributed by atoms with Crippen LogP contribution in [-0.2, 0) is 0 Å². The van der Waals surface area contributed by atoms with Gasteiger partial charge in [0, 0.05) is 5.88 Å². The molecule has 2 heteroatoms. The molecule has 0 aliphatic rings. The largest absolute Gasteiger partial charge is 0.326 e. The van der Waals surface area contributed by atoms with E-state index in [0.29, 0.717) is 0 Å². The Balaban J connectivity index is 3.95. The molecule has 0 rings (SSSR count). The van der Waals surface area contributed by atoms with E-state index in [1.807, 2.05) is 0 Å². The quantitative estimate of drug-likeness (QED) is 0.198. The Hall–Kier alpha value is 0.250. The first-order valence-electron chi connectivity index (χ1n) is 9.08. The molecule has 20 heavy (non-hydrogen) atoms. The number of alkyl halides is 1. The van der Waals surface area contributed by atoms with E-state index in [1.165, 1.54) is 94.7 Å². The molecule has 0 radical (unpaired) electrons. The van der Waals surface area contributed by atoms with Gasteiger partial charge in [0.05, 0.1) is 26.7 Å². The van der Waals surface area contributed by atoms with Crippen molar-refractivity contribution in [3.8, 4) is 0 Å². The van der Waals surface area contributed by atoms with Crippen LogP contribution in [0.5, 0.6) is 0 Å². The minimum Gasteiger partial charge on any atom is -0.326 e. The van der Waals surface area contributed by atoms with Crippen LogP contribution in [0.4, 0.5) is 0 Å². The topological polar surface area (TPSA) is 0 Å². The summed E-state index contributed by atoms with van der Waals surface area (Å²) in [5.41, 5.74) is 0. The molecule has 1 nitrogen and oxygen atoms in total. The molecular formula is C18H39ClN+. The van der Waals surface area contributed by atoms with Crippen molar-refractivity contribution < 1.29 is 4.48 Å². The van der Waals surface area contributed by atoms with E-state index in [2.05, 4.69) is 20.9 Å². The number of hydrogen-bond acceptors (Lipinski definition) is 0. The molecule has 0 fully saturated rings. The highest BCUT2D eigenvalue weighted by Gasteiger charge is 2.19. The Morgan fingerprint density at radius 1 is 0.600 bits per heavy atom. The van der Waals surface area contributed by atoms with E-state index in [1.54, 1.807) is 0 Å². The molecule has 1 unspecified atom stereocenters. The fraction of sp³-hybridized carbons (Fsp3) is 1.00. The summed E-state index contributed by atoms with van der Waals surface area (Å²) in [6.45, 7) is 8.66. The van der Waals surface area contributed by atoms with Crippen molar-refractivity contribution in [2.24, 2.45) is 0 Å². The number of nitrogens with zero attached hydrogens (tertiary/aromatic N) is 1. The standard InChI is InChI=1S/C18H39ClN/c1-4-6-8-10-13-17-20(3,18-14-11-15-19)16-12-9-7-5-2/h4-18H2,1-3H3/q+1. The summed E-state index contributed by atoms with van der Waals surface area (Å²) in [6, 6.07) is 0. The monoisotopic (exact) mass is 304 g/mol. The van der Waals surface area contributed by atoms with Crippen LogP contribution in [0.15, 0.2) is 0 Å². The average molecular weight is 305 g/mol. The summed E-state index contributed by atoms with van der Waals surface area (Å²) >= 11 is 5.83. The van der Waals surface area contributed by atoms with Gasteiger partial charge < -0.3 is 4.48 Å². The second-order valence-electron chi connectivity index (χ2n) is 6.66. The molecule has 0 saturated carbocycles. The van der Waals surface area contributed by atoms with Crippen LogP contribution in [0, 0.1) is 0 Å². The highest BCUT2D eigenvalue weighted by atomic mass is 35.5. The van der Waals surface area contributed by atoms with Gasteiger partial charge in [0.1, 0.15) is 0 Å². The lowest BCUT2D eigenvalue weighted by Crippen LogP contribution is -2.46. The predicted molar refractivity (Wildman–Crippen MR) is 93.6 cm³/mol. The van der Waals surface area contributed by atoms with Crippen LogP contribution in [-0.4, -0.2) is 37.0 Å². The maximum atomic E-state index is 5.83. The summed E-state index contributed by atoms with van der Waals surface area (Å²) in [4.78, 5) is 0. The van der Waals surface area contributed by atoms with Gasteiger partial charge in [0.15, 0.2) is 0 Å². The molecule has 0 heterocycles. The lowest BCUT2D eigenvalue weighted by Gasteiger charge is -2.35. The van der Waals surface area contributed by atoms with E-state index >= 15 is 0 Å². The van der Waals surface area contributed by atoms with Gasteiger partial charge in [0.2, 0.25) is 0 Å². The van der Waals surface area contributed by atoms with Crippen LogP contribution in [0.1, 0.15) is 84.5 Å². The molecule has 0 aromatic rings. The van der Waals surface area contributed by atoms with Crippen molar-refractivity contribution in [2.45, 2.75) is 84.5 Å². The predicted octanol–water partition coefficient (Wildman–Crippen LogP) is 6.00. The van der Waals surface area contributed by atoms with Crippen molar-refractivity contribution in [3.05, 3.63) is 0 Å². The lowest BCUT2D eigenvalue weighted by atomic mass is 10.1. The minimum absolute atomic E-state index is 0.826. The van der Waals surface area contributed by atoms with Crippen LogP contribution in [0.3, 0.4) is 0 Å². The van der Waals surface area contributed by atoms with Crippen LogP contribution in [0.2, 0.25) is 0 Å². The third-order valence-electron chi connectivity index (χ3n) is 4.43. The molecule has 0 saturated heterocycles. The van der Waals surface area contributed by atoms with Crippen molar-refractivity contribution >= 4 is 11.6 Å². The maximum absolute atomic E-state index is 5.83. The van der Waals surface area contributed by atoms with E-state index in [-0.39, 0.29) is 0 Å². The van der Waals surface area contributed by atoms with Crippen LogP contribution in [0.25, 0.3) is 0 Å². The van der Waals surface area contributed by atoms with Gasteiger partial charge in [-0.15, -0.1) is 11.6 Å². The third-order valence-corrected chi connectivity index (χ3v) is 4.70. The van der Waals surface area contributed by atoms with Gasteiger partial charge >= 0.3 is 0 Å². The number of rotatable bonds is 15. The zero-order valence-electron chi connectivity index (χ0n) is 14.4. The van der Waals surface area contributed by atoms with Gasteiger partial charge in [-0.3, -0.25) is 0 Å². The van der Waals surface area contributed by atoms with E-state index in [4.69, 9.17) is 11.6 Å². The molecule has 0 aliphatic heterocycles. The van der Waals surface area contributed by atoms with E-state index in [9.17, 15) is 0 Å². The molecular weight excluding hydrogens is 266 g/mol. The maximum Gasteiger partial charge on any atom is 0.0784 e.